The third-order valence-corrected chi connectivity index (χ3v) is 3.45. The molecular weight excluding hydrogens is 186 g/mol. The van der Waals surface area contributed by atoms with Gasteiger partial charge in [-0.3, -0.25) is 0 Å². The summed E-state index contributed by atoms with van der Waals surface area (Å²) in [5.41, 5.74) is 1.02. The molecule has 1 fully saturated rings. The van der Waals surface area contributed by atoms with E-state index >= 15 is 0 Å². The van der Waals surface area contributed by atoms with E-state index < -0.39 is 0 Å². The third kappa shape index (κ3) is 2.23. The Morgan fingerprint density at radius 2 is 2.53 bits per heavy atom. The quantitative estimate of drug-likeness (QED) is 0.737. The summed E-state index contributed by atoms with van der Waals surface area (Å²) in [6, 6.07) is 4.52. The normalized spacial score (nSPS) is 31.1. The van der Waals surface area contributed by atoms with Gasteiger partial charge in [0.15, 0.2) is 0 Å². The molecule has 1 aliphatic rings. The van der Waals surface area contributed by atoms with Gasteiger partial charge in [0.25, 0.3) is 0 Å². The summed E-state index contributed by atoms with van der Waals surface area (Å²) >= 11 is 0. The molecule has 2 rings (SSSR count). The molecule has 0 N–H and O–H groups in total. The Balaban J connectivity index is 2.12. The van der Waals surface area contributed by atoms with Crippen molar-refractivity contribution in [2.45, 2.75) is 39.0 Å². The van der Waals surface area contributed by atoms with Crippen LogP contribution in [-0.2, 0) is 6.42 Å². The zero-order valence-corrected chi connectivity index (χ0v) is 9.20. The maximum absolute atomic E-state index is 9.38. The van der Waals surface area contributed by atoms with Crippen LogP contribution in [-0.4, -0.2) is 0 Å². The van der Waals surface area contributed by atoms with E-state index in [1.807, 2.05) is 6.07 Å². The largest absolute Gasteiger partial charge is 0.472 e. The maximum Gasteiger partial charge on any atom is 0.0935 e. The van der Waals surface area contributed by atoms with Gasteiger partial charge >= 0.3 is 0 Å². The highest BCUT2D eigenvalue weighted by Crippen LogP contribution is 2.41. The van der Waals surface area contributed by atoms with Crippen LogP contribution < -0.4 is 0 Å². The number of furan rings is 1. The first-order valence-corrected chi connectivity index (χ1v) is 5.66. The van der Waals surface area contributed by atoms with E-state index in [1.165, 1.54) is 12.8 Å². The first-order chi connectivity index (χ1) is 7.24. The molecule has 0 amide bonds. The zero-order chi connectivity index (χ0) is 10.7. The lowest BCUT2D eigenvalue weighted by Gasteiger charge is -2.34. The standard InChI is InChI=1S/C13H17NO/c1-11-3-2-5-13(7-11,10-14)8-12-4-6-15-9-12/h4,6,9,11H,2-3,5,7-8H2,1H3. The van der Waals surface area contributed by atoms with E-state index in [0.29, 0.717) is 5.92 Å². The minimum atomic E-state index is -0.137. The molecule has 2 atom stereocenters. The van der Waals surface area contributed by atoms with E-state index in [-0.39, 0.29) is 5.41 Å². The summed E-state index contributed by atoms with van der Waals surface area (Å²) in [5.74, 6) is 0.685. The van der Waals surface area contributed by atoms with Crippen molar-refractivity contribution in [3.05, 3.63) is 24.2 Å². The number of nitriles is 1. The number of rotatable bonds is 2. The van der Waals surface area contributed by atoms with E-state index in [4.69, 9.17) is 4.42 Å². The molecule has 1 saturated carbocycles. The Morgan fingerprint density at radius 3 is 3.13 bits per heavy atom. The Labute approximate surface area is 90.9 Å². The minimum absolute atomic E-state index is 0.137. The second-order valence-electron chi connectivity index (χ2n) is 4.90. The highest BCUT2D eigenvalue weighted by molar-refractivity contribution is 5.14. The molecule has 1 heterocycles. The van der Waals surface area contributed by atoms with Crippen LogP contribution in [0.15, 0.2) is 23.0 Å². The maximum atomic E-state index is 9.38. The topological polar surface area (TPSA) is 36.9 Å². The lowest BCUT2D eigenvalue weighted by atomic mass is 9.68. The number of nitrogens with zero attached hydrogens (tertiary/aromatic N) is 1. The highest BCUT2D eigenvalue weighted by Gasteiger charge is 2.35. The molecule has 0 radical (unpaired) electrons. The van der Waals surface area contributed by atoms with Crippen molar-refractivity contribution in [3.63, 3.8) is 0 Å². The summed E-state index contributed by atoms with van der Waals surface area (Å²) in [7, 11) is 0. The van der Waals surface area contributed by atoms with Gasteiger partial charge in [0, 0.05) is 0 Å². The Morgan fingerprint density at radius 1 is 1.67 bits per heavy atom. The van der Waals surface area contributed by atoms with Gasteiger partial charge in [-0.05, 0) is 36.8 Å². The molecular formula is C13H17NO. The SMILES string of the molecule is CC1CCCC(C#N)(Cc2ccoc2)C1. The van der Waals surface area contributed by atoms with Gasteiger partial charge in [0.2, 0.25) is 0 Å². The Kier molecular flexibility index (Phi) is 2.81. The molecule has 0 spiro atoms. The second-order valence-corrected chi connectivity index (χ2v) is 4.90. The van der Waals surface area contributed by atoms with Crippen molar-refractivity contribution in [1.82, 2.24) is 0 Å². The average Bonchev–Trinajstić information content (AvgIpc) is 2.70. The van der Waals surface area contributed by atoms with Gasteiger partial charge in [-0.2, -0.15) is 5.26 Å². The molecule has 0 aromatic carbocycles. The Hall–Kier alpha value is -1.23. The van der Waals surface area contributed by atoms with Crippen molar-refractivity contribution in [2.24, 2.45) is 11.3 Å². The first-order valence-electron chi connectivity index (χ1n) is 5.66. The molecule has 2 heteroatoms. The van der Waals surface area contributed by atoms with Crippen molar-refractivity contribution >= 4 is 0 Å². The van der Waals surface area contributed by atoms with E-state index in [2.05, 4.69) is 13.0 Å². The fourth-order valence-electron chi connectivity index (χ4n) is 2.75. The van der Waals surface area contributed by atoms with Gasteiger partial charge in [-0.25, -0.2) is 0 Å². The summed E-state index contributed by atoms with van der Waals surface area (Å²) in [5, 5.41) is 9.38. The lowest BCUT2D eigenvalue weighted by Crippen LogP contribution is -2.28. The van der Waals surface area contributed by atoms with E-state index in [0.717, 1.165) is 24.8 Å². The van der Waals surface area contributed by atoms with Crippen LogP contribution in [0.2, 0.25) is 0 Å². The van der Waals surface area contributed by atoms with E-state index in [9.17, 15) is 5.26 Å². The van der Waals surface area contributed by atoms with Gasteiger partial charge in [-0.15, -0.1) is 0 Å². The molecule has 0 aliphatic heterocycles. The number of hydrogen-bond donors (Lipinski definition) is 0. The summed E-state index contributed by atoms with van der Waals surface area (Å²) in [4.78, 5) is 0. The molecule has 2 nitrogen and oxygen atoms in total. The van der Waals surface area contributed by atoms with Crippen LogP contribution in [0.25, 0.3) is 0 Å². The van der Waals surface area contributed by atoms with Crippen LogP contribution in [0, 0.1) is 22.7 Å². The molecule has 1 aromatic rings. The fraction of sp³-hybridized carbons (Fsp3) is 0.615. The minimum Gasteiger partial charge on any atom is -0.472 e. The van der Waals surface area contributed by atoms with Crippen molar-refractivity contribution < 1.29 is 4.42 Å². The molecule has 1 aliphatic carbocycles. The third-order valence-electron chi connectivity index (χ3n) is 3.45. The fourth-order valence-corrected chi connectivity index (χ4v) is 2.75. The second kappa shape index (κ2) is 4.10. The van der Waals surface area contributed by atoms with E-state index in [1.54, 1.807) is 12.5 Å². The van der Waals surface area contributed by atoms with Crippen LogP contribution in [0.5, 0.6) is 0 Å². The average molecular weight is 203 g/mol. The highest BCUT2D eigenvalue weighted by atomic mass is 16.3. The lowest BCUT2D eigenvalue weighted by molar-refractivity contribution is 0.209. The van der Waals surface area contributed by atoms with Crippen LogP contribution >= 0.6 is 0 Å². The van der Waals surface area contributed by atoms with Gasteiger partial charge in [0.05, 0.1) is 24.0 Å². The predicted octanol–water partition coefficient (Wildman–Crippen LogP) is 3.54. The van der Waals surface area contributed by atoms with Gasteiger partial charge in [-0.1, -0.05) is 19.8 Å². The monoisotopic (exact) mass is 203 g/mol. The molecule has 0 saturated heterocycles. The predicted molar refractivity (Wildman–Crippen MR) is 58.1 cm³/mol. The molecule has 1 aromatic heterocycles. The van der Waals surface area contributed by atoms with Crippen LogP contribution in [0.3, 0.4) is 0 Å². The Bertz CT molecular complexity index is 349. The van der Waals surface area contributed by atoms with Gasteiger partial charge < -0.3 is 4.42 Å². The summed E-state index contributed by atoms with van der Waals surface area (Å²) in [6.45, 7) is 2.25. The molecule has 2 unspecified atom stereocenters. The molecule has 15 heavy (non-hydrogen) atoms. The first kappa shape index (κ1) is 10.3. The van der Waals surface area contributed by atoms with Crippen molar-refractivity contribution in [3.8, 4) is 6.07 Å². The van der Waals surface area contributed by atoms with Crippen LogP contribution in [0.4, 0.5) is 0 Å². The van der Waals surface area contributed by atoms with Gasteiger partial charge in [0.1, 0.15) is 0 Å². The molecule has 0 bridgehead atoms. The van der Waals surface area contributed by atoms with Crippen molar-refractivity contribution in [1.29, 1.82) is 5.26 Å². The summed E-state index contributed by atoms with van der Waals surface area (Å²) in [6.07, 6.45) is 8.84. The smallest absolute Gasteiger partial charge is 0.0935 e. The summed E-state index contributed by atoms with van der Waals surface area (Å²) < 4.78 is 5.06. The zero-order valence-electron chi connectivity index (χ0n) is 9.20. The van der Waals surface area contributed by atoms with Crippen LogP contribution in [0.1, 0.15) is 38.2 Å². The van der Waals surface area contributed by atoms with Crippen molar-refractivity contribution in [2.75, 3.05) is 0 Å². The number of hydrogen-bond acceptors (Lipinski definition) is 2. The molecule has 80 valence electrons.